The van der Waals surface area contributed by atoms with Gasteiger partial charge in [-0.25, -0.2) is 0 Å². The minimum atomic E-state index is -4.12. The van der Waals surface area contributed by atoms with E-state index >= 15 is 0 Å². The van der Waals surface area contributed by atoms with Gasteiger partial charge in [0.1, 0.15) is 9.94 Å². The van der Waals surface area contributed by atoms with E-state index < -0.39 is 16.0 Å². The Kier molecular flexibility index (Phi) is 7.55. The number of carbonyl (C=O) groups excluding carboxylic acids is 1. The van der Waals surface area contributed by atoms with Crippen molar-refractivity contribution in [1.29, 1.82) is 5.41 Å². The molecule has 0 unspecified atom stereocenters. The molecule has 2 heterocycles. The number of hydrogen-bond donors (Lipinski definition) is 1. The van der Waals surface area contributed by atoms with Crippen LogP contribution in [0.15, 0.2) is 81.2 Å². The lowest BCUT2D eigenvalue weighted by Crippen LogP contribution is -2.35. The molecule has 3 aromatic rings. The van der Waals surface area contributed by atoms with Crippen LogP contribution >= 0.6 is 46.0 Å². The Bertz CT molecular complexity index is 1740. The molecule has 0 aliphatic carbocycles. The van der Waals surface area contributed by atoms with Gasteiger partial charge in [0, 0.05) is 5.56 Å². The van der Waals surface area contributed by atoms with Crippen molar-refractivity contribution in [2.75, 3.05) is 7.11 Å². The van der Waals surface area contributed by atoms with Gasteiger partial charge in [0.05, 0.1) is 21.3 Å². The molecular formula is C26H18ClIN4O5S2. The van der Waals surface area contributed by atoms with E-state index in [1.54, 1.807) is 36.4 Å². The van der Waals surface area contributed by atoms with Crippen LogP contribution in [0.25, 0.3) is 6.08 Å². The summed E-state index contributed by atoms with van der Waals surface area (Å²) in [5.74, 6) is -0.614. The molecule has 5 rings (SSSR count). The number of methoxy groups -OCH3 is 1. The number of aliphatic imine (C=N–C) groups is 1. The maximum atomic E-state index is 12.9. The average Bonchev–Trinajstić information content (AvgIpc) is 3.32. The van der Waals surface area contributed by atoms with Crippen LogP contribution in [0.2, 0.25) is 5.02 Å². The van der Waals surface area contributed by atoms with Crippen LogP contribution in [0.4, 0.5) is 0 Å². The molecule has 2 aliphatic heterocycles. The van der Waals surface area contributed by atoms with Crippen LogP contribution in [-0.2, 0) is 14.9 Å². The van der Waals surface area contributed by atoms with Crippen molar-refractivity contribution >= 4 is 84.1 Å². The van der Waals surface area contributed by atoms with Gasteiger partial charge < -0.3 is 8.92 Å². The predicted molar refractivity (Wildman–Crippen MR) is 160 cm³/mol. The number of nitrogens with one attached hydrogen (secondary N) is 1. The lowest BCUT2D eigenvalue weighted by molar-refractivity contribution is -0.114. The van der Waals surface area contributed by atoms with Gasteiger partial charge in [0.2, 0.25) is 5.17 Å². The predicted octanol–water partition coefficient (Wildman–Crippen LogP) is 5.70. The van der Waals surface area contributed by atoms with Crippen molar-refractivity contribution in [2.45, 2.75) is 11.8 Å². The minimum absolute atomic E-state index is 0.00214. The summed E-state index contributed by atoms with van der Waals surface area (Å²) in [5.41, 5.74) is 2.06. The number of halogens is 2. The van der Waals surface area contributed by atoms with Crippen LogP contribution in [0.3, 0.4) is 0 Å². The normalized spacial score (nSPS) is 16.2. The van der Waals surface area contributed by atoms with Gasteiger partial charge in [-0.15, -0.1) is 0 Å². The molecule has 1 N–H and O–H groups in total. The first-order valence-corrected chi connectivity index (χ1v) is 14.9. The summed E-state index contributed by atoms with van der Waals surface area (Å²) in [6, 6.07) is 16.6. The van der Waals surface area contributed by atoms with E-state index in [2.05, 4.69) is 10.1 Å². The second-order valence-electron chi connectivity index (χ2n) is 8.29. The van der Waals surface area contributed by atoms with E-state index in [-0.39, 0.29) is 33.0 Å². The van der Waals surface area contributed by atoms with Gasteiger partial charge in [0.15, 0.2) is 17.3 Å². The van der Waals surface area contributed by atoms with E-state index in [0.717, 1.165) is 17.3 Å². The minimum Gasteiger partial charge on any atom is -0.493 e. The Balaban J connectivity index is 1.46. The zero-order valence-electron chi connectivity index (χ0n) is 20.3. The molecule has 39 heavy (non-hydrogen) atoms. The number of nitrogens with zero attached hydrogens (tertiary/aromatic N) is 3. The number of rotatable bonds is 6. The number of ether oxygens (including phenoxy) is 1. The van der Waals surface area contributed by atoms with Gasteiger partial charge in [-0.1, -0.05) is 47.5 Å². The van der Waals surface area contributed by atoms with Gasteiger partial charge in [-0.05, 0) is 83.2 Å². The molecule has 0 saturated heterocycles. The second-order valence-corrected chi connectivity index (χ2v) is 12.4. The molecule has 0 fully saturated rings. The van der Waals surface area contributed by atoms with Crippen molar-refractivity contribution in [1.82, 2.24) is 5.01 Å². The van der Waals surface area contributed by atoms with Crippen LogP contribution in [-0.4, -0.2) is 42.5 Å². The third kappa shape index (κ3) is 5.46. The lowest BCUT2D eigenvalue weighted by Gasteiger charge is -2.20. The largest absolute Gasteiger partial charge is 0.493 e. The SMILES string of the molecule is COc1cc(/C=C2/C(=N)N3N=C(c4ccccc4Cl)SC3=NC2=O)cc(I)c1OS(=O)(=O)c1ccc(C)cc1. The Morgan fingerprint density at radius 2 is 1.85 bits per heavy atom. The van der Waals surface area contributed by atoms with E-state index in [1.165, 1.54) is 36.4 Å². The molecular weight excluding hydrogens is 675 g/mol. The second kappa shape index (κ2) is 10.8. The number of fused-ring (bicyclic) bond motifs is 1. The Morgan fingerprint density at radius 1 is 1.13 bits per heavy atom. The van der Waals surface area contributed by atoms with Crippen molar-refractivity contribution in [3.8, 4) is 11.5 Å². The number of benzene rings is 3. The monoisotopic (exact) mass is 692 g/mol. The highest BCUT2D eigenvalue weighted by Gasteiger charge is 2.36. The zero-order valence-corrected chi connectivity index (χ0v) is 24.9. The molecule has 0 bridgehead atoms. The van der Waals surface area contributed by atoms with Crippen molar-refractivity contribution in [2.24, 2.45) is 10.1 Å². The molecule has 3 aromatic carbocycles. The van der Waals surface area contributed by atoms with Gasteiger partial charge in [-0.2, -0.15) is 23.5 Å². The number of hydrogen-bond acceptors (Lipinski definition) is 8. The number of amidine groups is 2. The summed E-state index contributed by atoms with van der Waals surface area (Å²) in [4.78, 5) is 17.0. The summed E-state index contributed by atoms with van der Waals surface area (Å²) in [7, 11) is -2.74. The van der Waals surface area contributed by atoms with Crippen molar-refractivity contribution in [3.63, 3.8) is 0 Å². The number of hydrazone groups is 1. The van der Waals surface area contributed by atoms with Crippen LogP contribution in [0.1, 0.15) is 16.7 Å². The maximum Gasteiger partial charge on any atom is 0.339 e. The number of aryl methyl sites for hydroxylation is 1. The fourth-order valence-electron chi connectivity index (χ4n) is 3.67. The molecule has 198 valence electrons. The molecule has 0 aromatic heterocycles. The summed E-state index contributed by atoms with van der Waals surface area (Å²) < 4.78 is 37.0. The molecule has 0 spiro atoms. The van der Waals surface area contributed by atoms with Crippen molar-refractivity contribution < 1.29 is 22.1 Å². The Labute approximate surface area is 247 Å². The molecule has 13 heteroatoms. The van der Waals surface area contributed by atoms with E-state index in [9.17, 15) is 13.2 Å². The first kappa shape index (κ1) is 27.4. The highest BCUT2D eigenvalue weighted by molar-refractivity contribution is 14.1. The van der Waals surface area contributed by atoms with E-state index in [1.807, 2.05) is 35.6 Å². The average molecular weight is 693 g/mol. The standard InChI is InChI=1S/C26H18ClIN4O5S2/c1-14-7-9-16(10-8-14)39(34,35)37-22-20(28)12-15(13-21(22)36-2)11-18-23(29)32-26(30-24(18)33)38-25(31-32)17-5-3-4-6-19(17)27/h3-13,29H,1-2H3/b18-11-,29-23?. The molecule has 0 atom stereocenters. The van der Waals surface area contributed by atoms with Crippen molar-refractivity contribution in [3.05, 3.63) is 91.5 Å². The molecule has 0 saturated carbocycles. The molecule has 9 nitrogen and oxygen atoms in total. The quantitative estimate of drug-likeness (QED) is 0.200. The van der Waals surface area contributed by atoms with E-state index in [0.29, 0.717) is 24.8 Å². The highest BCUT2D eigenvalue weighted by atomic mass is 127. The van der Waals surface area contributed by atoms with Crippen LogP contribution in [0.5, 0.6) is 11.5 Å². The van der Waals surface area contributed by atoms with E-state index in [4.69, 9.17) is 25.9 Å². The first-order valence-electron chi connectivity index (χ1n) is 11.2. The number of carbonyl (C=O) groups is 1. The fourth-order valence-corrected chi connectivity index (χ4v) is 6.72. The van der Waals surface area contributed by atoms with Crippen LogP contribution < -0.4 is 8.92 Å². The maximum absolute atomic E-state index is 12.9. The first-order chi connectivity index (χ1) is 18.6. The summed E-state index contributed by atoms with van der Waals surface area (Å²) in [6.07, 6.45) is 1.47. The third-order valence-corrected chi connectivity index (χ3v) is 8.93. The Morgan fingerprint density at radius 3 is 2.54 bits per heavy atom. The zero-order chi connectivity index (χ0) is 27.9. The lowest BCUT2D eigenvalue weighted by atomic mass is 10.1. The molecule has 2 aliphatic rings. The van der Waals surface area contributed by atoms with Gasteiger partial charge in [0.25, 0.3) is 5.91 Å². The smallest absolute Gasteiger partial charge is 0.339 e. The highest BCUT2D eigenvalue weighted by Crippen LogP contribution is 2.38. The Hall–Kier alpha value is -3.20. The molecule has 0 radical (unpaired) electrons. The van der Waals surface area contributed by atoms with Crippen LogP contribution in [0, 0.1) is 15.9 Å². The number of thioether (sulfide) groups is 1. The third-order valence-electron chi connectivity index (χ3n) is 5.62. The summed E-state index contributed by atoms with van der Waals surface area (Å²) in [5, 5.41) is 15.7. The molecule has 1 amide bonds. The summed E-state index contributed by atoms with van der Waals surface area (Å²) in [6.45, 7) is 1.85. The topological polar surface area (TPSA) is 121 Å². The van der Waals surface area contributed by atoms with Gasteiger partial charge in [-0.3, -0.25) is 10.2 Å². The van der Waals surface area contributed by atoms with Gasteiger partial charge >= 0.3 is 10.1 Å². The summed E-state index contributed by atoms with van der Waals surface area (Å²) >= 11 is 9.37. The fraction of sp³-hybridized carbons (Fsp3) is 0.0769. The number of amides is 1.